The van der Waals surface area contributed by atoms with Crippen molar-refractivity contribution in [1.82, 2.24) is 21.0 Å². The summed E-state index contributed by atoms with van der Waals surface area (Å²) in [5.74, 6) is -0.923. The van der Waals surface area contributed by atoms with Gasteiger partial charge >= 0.3 is 6.18 Å². The van der Waals surface area contributed by atoms with Crippen LogP contribution in [0, 0.1) is 28.1 Å². The number of hydrazine groups is 2. The van der Waals surface area contributed by atoms with Crippen LogP contribution in [-0.2, 0) is 0 Å². The van der Waals surface area contributed by atoms with Gasteiger partial charge in [0.15, 0.2) is 5.54 Å². The summed E-state index contributed by atoms with van der Waals surface area (Å²) in [6, 6.07) is 6.26. The van der Waals surface area contributed by atoms with Gasteiger partial charge in [0, 0.05) is 41.3 Å². The summed E-state index contributed by atoms with van der Waals surface area (Å²) in [7, 11) is 0. The van der Waals surface area contributed by atoms with E-state index in [4.69, 9.17) is 0 Å². The Labute approximate surface area is 247 Å². The number of aromatic nitrogens is 1. The molecule has 1 aliphatic heterocycles. The Balaban J connectivity index is 1.82. The topological polar surface area (TPSA) is 124 Å². The number of nitriles is 2. The average molecular weight is 596 g/mol. The van der Waals surface area contributed by atoms with Crippen LogP contribution in [0.3, 0.4) is 0 Å². The highest BCUT2D eigenvalue weighted by Crippen LogP contribution is 2.53. The van der Waals surface area contributed by atoms with Crippen LogP contribution in [0.2, 0.25) is 0 Å². The zero-order valence-corrected chi connectivity index (χ0v) is 24.5. The van der Waals surface area contributed by atoms with Crippen molar-refractivity contribution in [2.24, 2.45) is 10.4 Å². The van der Waals surface area contributed by atoms with Gasteiger partial charge < -0.3 is 16.1 Å². The third-order valence-electron chi connectivity index (χ3n) is 7.24. The van der Waals surface area contributed by atoms with Crippen molar-refractivity contribution >= 4 is 28.2 Å². The maximum atomic E-state index is 15.3. The van der Waals surface area contributed by atoms with Crippen molar-refractivity contribution in [3.63, 3.8) is 0 Å². The lowest BCUT2D eigenvalue weighted by molar-refractivity contribution is -0.195. The van der Waals surface area contributed by atoms with Gasteiger partial charge in [-0.25, -0.2) is 4.99 Å². The van der Waals surface area contributed by atoms with Crippen molar-refractivity contribution < 1.29 is 17.6 Å². The number of rotatable bonds is 9. The fraction of sp³-hybridized carbons (Fsp3) is 0.400. The number of halogens is 4. The number of benzene rings is 1. The van der Waals surface area contributed by atoms with Crippen LogP contribution in [0.4, 0.5) is 28.9 Å². The number of pyridine rings is 1. The summed E-state index contributed by atoms with van der Waals surface area (Å²) in [6.45, 7) is 13.7. The first kappa shape index (κ1) is 31.3. The molecule has 0 spiro atoms. The van der Waals surface area contributed by atoms with Crippen molar-refractivity contribution in [2.45, 2.75) is 65.2 Å². The van der Waals surface area contributed by atoms with Gasteiger partial charge in [0.1, 0.15) is 12.1 Å². The second kappa shape index (κ2) is 11.6. The van der Waals surface area contributed by atoms with Gasteiger partial charge in [-0.1, -0.05) is 33.4 Å². The predicted molar refractivity (Wildman–Crippen MR) is 158 cm³/mol. The number of hydrogen-bond donors (Lipinski definition) is 4. The number of hydrogen-bond acceptors (Lipinski definition) is 9. The van der Waals surface area contributed by atoms with Crippen molar-refractivity contribution in [3.8, 4) is 12.1 Å². The van der Waals surface area contributed by atoms with Crippen LogP contribution in [0.15, 0.2) is 59.1 Å². The zero-order valence-electron chi connectivity index (χ0n) is 24.5. The van der Waals surface area contributed by atoms with E-state index in [2.05, 4.69) is 50.3 Å². The van der Waals surface area contributed by atoms with Gasteiger partial charge in [-0.2, -0.15) is 28.1 Å². The Morgan fingerprint density at radius 2 is 1.91 bits per heavy atom. The molecule has 1 aromatic heterocycles. The smallest absolute Gasteiger partial charge is 0.383 e. The van der Waals surface area contributed by atoms with Crippen molar-refractivity contribution in [1.29, 1.82) is 10.5 Å². The molecule has 9 nitrogen and oxygen atoms in total. The van der Waals surface area contributed by atoms with E-state index in [1.54, 1.807) is 26.0 Å². The molecule has 1 aromatic carbocycles. The van der Waals surface area contributed by atoms with Gasteiger partial charge in [-0.3, -0.25) is 9.99 Å². The molecule has 1 saturated carbocycles. The molecule has 2 aliphatic rings. The van der Waals surface area contributed by atoms with Gasteiger partial charge in [0.2, 0.25) is 5.97 Å². The second-order valence-corrected chi connectivity index (χ2v) is 11.8. The highest BCUT2D eigenvalue weighted by atomic mass is 19.4. The summed E-state index contributed by atoms with van der Waals surface area (Å²) in [5, 5.41) is 27.6. The lowest BCUT2D eigenvalue weighted by Crippen LogP contribution is -2.52. The van der Waals surface area contributed by atoms with Gasteiger partial charge in [0.25, 0.3) is 0 Å². The van der Waals surface area contributed by atoms with Crippen LogP contribution in [0.5, 0.6) is 0 Å². The van der Waals surface area contributed by atoms with E-state index in [9.17, 15) is 23.7 Å². The number of alkyl halides is 3. The Hall–Kier alpha value is -4.62. The first-order valence-corrected chi connectivity index (χ1v) is 13.6. The minimum atomic E-state index is -4.49. The monoisotopic (exact) mass is 595 g/mol. The number of nitrogens with one attached hydrogen (secondary N) is 4. The summed E-state index contributed by atoms with van der Waals surface area (Å²) >= 11 is 0. The molecule has 1 aliphatic carbocycles. The van der Waals surface area contributed by atoms with Crippen LogP contribution in [0.25, 0.3) is 10.9 Å². The quantitative estimate of drug-likeness (QED) is 0.196. The van der Waals surface area contributed by atoms with Crippen LogP contribution < -0.4 is 21.6 Å². The third-order valence-corrected chi connectivity index (χ3v) is 7.24. The molecule has 226 valence electrons. The molecule has 4 rings (SSSR count). The Bertz CT molecular complexity index is 1610. The maximum Gasteiger partial charge on any atom is 0.413 e. The molecule has 1 atom stereocenters. The molecule has 0 bridgehead atoms. The molecule has 2 aromatic rings. The number of fused-ring (bicyclic) bond motifs is 1. The molecule has 0 unspecified atom stereocenters. The molecule has 13 heteroatoms. The minimum Gasteiger partial charge on any atom is -0.383 e. The molecule has 1 fully saturated rings. The van der Waals surface area contributed by atoms with Gasteiger partial charge in [-0.05, 0) is 44.2 Å². The fourth-order valence-electron chi connectivity index (χ4n) is 4.51. The van der Waals surface area contributed by atoms with E-state index < -0.39 is 23.7 Å². The molecular weight excluding hydrogens is 562 g/mol. The number of anilines is 2. The molecule has 4 N–H and O–H groups in total. The molecule has 0 amide bonds. The van der Waals surface area contributed by atoms with Crippen molar-refractivity contribution in [3.05, 3.63) is 65.3 Å². The number of allylic oxidation sites excluding steroid dienone is 2. The van der Waals surface area contributed by atoms with Crippen LogP contribution >= 0.6 is 0 Å². The third kappa shape index (κ3) is 6.42. The summed E-state index contributed by atoms with van der Waals surface area (Å²) in [6.07, 6.45) is -0.468. The zero-order chi connectivity index (χ0) is 31.7. The lowest BCUT2D eigenvalue weighted by Gasteiger charge is -2.28. The van der Waals surface area contributed by atoms with E-state index in [1.807, 2.05) is 20.8 Å². The normalized spacial score (nSPS) is 17.5. The van der Waals surface area contributed by atoms with E-state index in [0.29, 0.717) is 34.5 Å². The summed E-state index contributed by atoms with van der Waals surface area (Å²) < 4.78 is 56.9. The van der Waals surface area contributed by atoms with Gasteiger partial charge in [-0.15, -0.1) is 5.53 Å². The van der Waals surface area contributed by atoms with E-state index in [0.717, 1.165) is 5.01 Å². The molecule has 0 radical (unpaired) electrons. The number of aliphatic imine (C=N–C) groups is 1. The predicted octanol–water partition coefficient (Wildman–Crippen LogP) is 6.33. The first-order chi connectivity index (χ1) is 20.1. The lowest BCUT2D eigenvalue weighted by atomic mass is 9.96. The highest BCUT2D eigenvalue weighted by molar-refractivity contribution is 5.99. The molecule has 2 heterocycles. The summed E-state index contributed by atoms with van der Waals surface area (Å²) in [5.41, 5.74) is 5.00. The van der Waals surface area contributed by atoms with Gasteiger partial charge in [0.05, 0.1) is 34.1 Å². The van der Waals surface area contributed by atoms with Crippen molar-refractivity contribution in [2.75, 3.05) is 17.2 Å². The SMILES string of the molecule is C=C(/C(F)=N\C(C)=C/C)[C@H](Nc1cc(C#N)c2ncc(C#N)c(NCC(C)(C)C)c2c1)C1=CN(C2(C(F)(F)F)CC2)NN1. The fourth-order valence-corrected chi connectivity index (χ4v) is 4.51. The molecule has 43 heavy (non-hydrogen) atoms. The van der Waals surface area contributed by atoms with E-state index in [-0.39, 0.29) is 40.7 Å². The Morgan fingerprint density at radius 3 is 2.47 bits per heavy atom. The number of nitrogens with zero attached hydrogens (tertiary/aromatic N) is 5. The Kier molecular flexibility index (Phi) is 8.43. The van der Waals surface area contributed by atoms with Crippen LogP contribution in [-0.4, -0.2) is 40.3 Å². The highest BCUT2D eigenvalue weighted by Gasteiger charge is 2.67. The second-order valence-electron chi connectivity index (χ2n) is 11.8. The Morgan fingerprint density at radius 1 is 1.23 bits per heavy atom. The first-order valence-electron chi connectivity index (χ1n) is 13.6. The van der Waals surface area contributed by atoms with E-state index >= 15 is 4.39 Å². The standard InChI is InChI=1S/C30H33F4N9/c1-7-17(2)39-27(31)18(3)24(23-15-43(42-41-23)29(8-9-29)30(32,33)34)40-21-10-19(12-35)25-22(11-21)26(20(13-36)14-37-25)38-16-28(4,5)6/h7,10-11,14-15,24,40-42H,3,8-9,16H2,1-2,4-6H3,(H,37,38)/b17-7-,39-27+/t24-/m0/s1. The van der Waals surface area contributed by atoms with E-state index in [1.165, 1.54) is 18.5 Å². The largest absolute Gasteiger partial charge is 0.413 e. The molecular formula is C30H33F4N9. The summed E-state index contributed by atoms with van der Waals surface area (Å²) in [4.78, 5) is 8.25. The molecule has 0 saturated heterocycles. The maximum absolute atomic E-state index is 15.3. The van der Waals surface area contributed by atoms with Crippen LogP contribution in [0.1, 0.15) is 58.6 Å². The minimum absolute atomic E-state index is 0.0981. The average Bonchev–Trinajstić information content (AvgIpc) is 3.64.